The first kappa shape index (κ1) is 17.7. The zero-order valence-electron chi connectivity index (χ0n) is 13.7. The van der Waals surface area contributed by atoms with Gasteiger partial charge in [-0.05, 0) is 26.4 Å². The third-order valence-corrected chi connectivity index (χ3v) is 3.44. The maximum Gasteiger partial charge on any atom is 0.341 e. The highest BCUT2D eigenvalue weighted by Crippen LogP contribution is 2.09. The fourth-order valence-corrected chi connectivity index (χ4v) is 2.24. The van der Waals surface area contributed by atoms with Crippen LogP contribution >= 0.6 is 0 Å². The highest BCUT2D eigenvalue weighted by Gasteiger charge is 2.16. The van der Waals surface area contributed by atoms with Gasteiger partial charge >= 0.3 is 5.97 Å². The van der Waals surface area contributed by atoms with Crippen molar-refractivity contribution in [3.05, 3.63) is 17.5 Å². The van der Waals surface area contributed by atoms with E-state index in [2.05, 4.69) is 29.2 Å². The first-order valence-electron chi connectivity index (χ1n) is 7.75. The number of hydrogen-bond acceptors (Lipinski definition) is 5. The number of aromatic nitrogens is 2. The summed E-state index contributed by atoms with van der Waals surface area (Å²) >= 11 is 0. The van der Waals surface area contributed by atoms with E-state index in [4.69, 9.17) is 4.74 Å². The van der Waals surface area contributed by atoms with Crippen LogP contribution in [0.25, 0.3) is 0 Å². The highest BCUT2D eigenvalue weighted by atomic mass is 16.5. The first-order valence-corrected chi connectivity index (χ1v) is 7.75. The zero-order valence-corrected chi connectivity index (χ0v) is 13.7. The minimum Gasteiger partial charge on any atom is -0.462 e. The summed E-state index contributed by atoms with van der Waals surface area (Å²) in [4.78, 5) is 14.2. The largest absolute Gasteiger partial charge is 0.462 e. The van der Waals surface area contributed by atoms with Gasteiger partial charge in [-0.3, -0.25) is 4.68 Å². The fourth-order valence-electron chi connectivity index (χ4n) is 2.24. The molecule has 0 unspecified atom stereocenters. The lowest BCUT2D eigenvalue weighted by atomic mass is 10.2. The molecular weight excluding hydrogens is 268 g/mol. The number of likely N-dealkylation sites (N-methyl/N-ethyl adjacent to an activating group) is 1. The van der Waals surface area contributed by atoms with Crippen LogP contribution in [0.4, 0.5) is 0 Å². The molecule has 120 valence electrons. The number of esters is 1. The lowest BCUT2D eigenvalue weighted by molar-refractivity contribution is 0.0524. The van der Waals surface area contributed by atoms with Crippen molar-refractivity contribution in [2.75, 3.05) is 32.8 Å². The molecule has 0 atom stereocenters. The van der Waals surface area contributed by atoms with Gasteiger partial charge in [0.25, 0.3) is 0 Å². The maximum atomic E-state index is 11.8. The topological polar surface area (TPSA) is 59.4 Å². The highest BCUT2D eigenvalue weighted by molar-refractivity contribution is 5.90. The maximum absolute atomic E-state index is 11.8. The molecule has 0 saturated carbocycles. The van der Waals surface area contributed by atoms with E-state index in [0.29, 0.717) is 18.7 Å². The lowest BCUT2D eigenvalue weighted by Gasteiger charge is -2.19. The number of nitrogens with one attached hydrogen (secondary N) is 1. The number of ether oxygens (including phenoxy) is 1. The second-order valence-electron chi connectivity index (χ2n) is 4.96. The van der Waals surface area contributed by atoms with E-state index in [1.54, 1.807) is 17.8 Å². The predicted molar refractivity (Wildman–Crippen MR) is 83.3 cm³/mol. The molecule has 21 heavy (non-hydrogen) atoms. The molecule has 1 rings (SSSR count). The minimum atomic E-state index is -0.302. The Morgan fingerprint density at radius 3 is 2.76 bits per heavy atom. The number of carbonyl (C=O) groups is 1. The normalized spacial score (nSPS) is 11.1. The van der Waals surface area contributed by atoms with Crippen molar-refractivity contribution in [2.45, 2.75) is 33.7 Å². The fraction of sp³-hybridized carbons (Fsp3) is 0.733. The molecule has 0 aliphatic carbocycles. The average Bonchev–Trinajstić information content (AvgIpc) is 2.84. The molecule has 6 heteroatoms. The van der Waals surface area contributed by atoms with Gasteiger partial charge < -0.3 is 15.0 Å². The molecule has 1 heterocycles. The zero-order chi connectivity index (χ0) is 15.7. The Morgan fingerprint density at radius 1 is 1.38 bits per heavy atom. The Hall–Kier alpha value is -1.40. The van der Waals surface area contributed by atoms with Crippen LogP contribution in [0.5, 0.6) is 0 Å². The van der Waals surface area contributed by atoms with E-state index in [-0.39, 0.29) is 5.97 Å². The number of aryl methyl sites for hydroxylation is 1. The van der Waals surface area contributed by atoms with Gasteiger partial charge in [0.1, 0.15) is 5.56 Å². The molecule has 1 N–H and O–H groups in total. The quantitative estimate of drug-likeness (QED) is 0.523. The van der Waals surface area contributed by atoms with Crippen molar-refractivity contribution < 1.29 is 9.53 Å². The van der Waals surface area contributed by atoms with E-state index >= 15 is 0 Å². The van der Waals surface area contributed by atoms with Crippen molar-refractivity contribution in [3.8, 4) is 0 Å². The summed E-state index contributed by atoms with van der Waals surface area (Å²) in [5.74, 6) is -0.302. The monoisotopic (exact) mass is 296 g/mol. The second kappa shape index (κ2) is 9.52. The summed E-state index contributed by atoms with van der Waals surface area (Å²) in [6.07, 6.45) is 2.74. The number of rotatable bonds is 10. The van der Waals surface area contributed by atoms with Crippen LogP contribution < -0.4 is 5.32 Å². The van der Waals surface area contributed by atoms with Crippen molar-refractivity contribution in [1.29, 1.82) is 0 Å². The van der Waals surface area contributed by atoms with Crippen LogP contribution in [0.1, 0.15) is 43.2 Å². The molecule has 0 amide bonds. The van der Waals surface area contributed by atoms with Gasteiger partial charge in [0.15, 0.2) is 0 Å². The van der Waals surface area contributed by atoms with Gasteiger partial charge in [-0.2, -0.15) is 5.10 Å². The van der Waals surface area contributed by atoms with Crippen LogP contribution in [0.3, 0.4) is 0 Å². The summed E-state index contributed by atoms with van der Waals surface area (Å²) in [6, 6.07) is 0. The van der Waals surface area contributed by atoms with Crippen LogP contribution in [0, 0.1) is 0 Å². The number of carbonyl (C=O) groups excluding carboxylic acids is 1. The molecule has 0 aliphatic heterocycles. The number of hydrogen-bond donors (Lipinski definition) is 1. The van der Waals surface area contributed by atoms with E-state index < -0.39 is 0 Å². The van der Waals surface area contributed by atoms with E-state index in [1.165, 1.54) is 6.42 Å². The molecule has 0 aromatic carbocycles. The summed E-state index contributed by atoms with van der Waals surface area (Å²) in [6.45, 7) is 11.3. The van der Waals surface area contributed by atoms with E-state index in [0.717, 1.165) is 31.9 Å². The van der Waals surface area contributed by atoms with Gasteiger partial charge in [-0.25, -0.2) is 4.79 Å². The molecule has 0 aliphatic rings. The molecule has 1 aromatic heterocycles. The molecular formula is C15H28N4O2. The summed E-state index contributed by atoms with van der Waals surface area (Å²) in [5.41, 5.74) is 1.42. The summed E-state index contributed by atoms with van der Waals surface area (Å²) < 4.78 is 6.77. The Bertz CT molecular complexity index is 431. The lowest BCUT2D eigenvalue weighted by Crippen LogP contribution is -2.33. The van der Waals surface area contributed by atoms with Crippen molar-refractivity contribution in [3.63, 3.8) is 0 Å². The van der Waals surface area contributed by atoms with Gasteiger partial charge in [0.2, 0.25) is 0 Å². The van der Waals surface area contributed by atoms with Crippen molar-refractivity contribution >= 4 is 5.97 Å². The average molecular weight is 296 g/mol. The van der Waals surface area contributed by atoms with Crippen LogP contribution in [-0.4, -0.2) is 53.4 Å². The summed E-state index contributed by atoms with van der Waals surface area (Å²) in [7, 11) is 1.84. The van der Waals surface area contributed by atoms with E-state index in [9.17, 15) is 4.79 Å². The Kier molecular flexibility index (Phi) is 8.00. The standard InChI is InChI=1S/C15H28N4O2/c1-5-9-19(6-2)10-8-16-12-14-13(11-17-18(14)4)15(20)21-7-3/h11,16H,5-10,12H2,1-4H3. The first-order chi connectivity index (χ1) is 10.1. The molecule has 0 fully saturated rings. The third-order valence-electron chi connectivity index (χ3n) is 3.44. The summed E-state index contributed by atoms with van der Waals surface area (Å²) in [5, 5.41) is 7.52. The SMILES string of the molecule is CCCN(CC)CCNCc1c(C(=O)OCC)cnn1C. The molecule has 0 bridgehead atoms. The minimum absolute atomic E-state index is 0.302. The third kappa shape index (κ3) is 5.47. The molecule has 0 radical (unpaired) electrons. The van der Waals surface area contributed by atoms with Gasteiger partial charge in [-0.15, -0.1) is 0 Å². The van der Waals surface area contributed by atoms with E-state index in [1.807, 2.05) is 7.05 Å². The number of nitrogens with zero attached hydrogens (tertiary/aromatic N) is 3. The van der Waals surface area contributed by atoms with Crippen LogP contribution in [0.15, 0.2) is 6.20 Å². The van der Waals surface area contributed by atoms with Crippen molar-refractivity contribution in [1.82, 2.24) is 20.0 Å². The predicted octanol–water partition coefficient (Wildman–Crippen LogP) is 1.42. The smallest absolute Gasteiger partial charge is 0.341 e. The van der Waals surface area contributed by atoms with Gasteiger partial charge in [-0.1, -0.05) is 13.8 Å². The molecule has 6 nitrogen and oxygen atoms in total. The van der Waals surface area contributed by atoms with Crippen LogP contribution in [0.2, 0.25) is 0 Å². The van der Waals surface area contributed by atoms with Crippen LogP contribution in [-0.2, 0) is 18.3 Å². The molecule has 1 aromatic rings. The molecule has 0 saturated heterocycles. The Morgan fingerprint density at radius 2 is 2.14 bits per heavy atom. The van der Waals surface area contributed by atoms with Gasteiger partial charge in [0, 0.05) is 26.7 Å². The Balaban J connectivity index is 2.48. The van der Waals surface area contributed by atoms with Crippen molar-refractivity contribution in [2.24, 2.45) is 7.05 Å². The second-order valence-corrected chi connectivity index (χ2v) is 4.96. The Labute approximate surface area is 127 Å². The molecule has 0 spiro atoms. The van der Waals surface area contributed by atoms with Gasteiger partial charge in [0.05, 0.1) is 18.5 Å².